The molecule has 3 heteroatoms. The Bertz CT molecular complexity index is 520. The van der Waals surface area contributed by atoms with Crippen molar-refractivity contribution < 1.29 is 8.78 Å². The summed E-state index contributed by atoms with van der Waals surface area (Å²) in [6, 6.07) is 13.9. The molecule has 0 aliphatic rings. The van der Waals surface area contributed by atoms with E-state index < -0.39 is 11.6 Å². The number of benzene rings is 2. The Kier molecular flexibility index (Phi) is 5.24. The predicted octanol–water partition coefficient (Wildman–Crippen LogP) is 4.25. The highest BCUT2D eigenvalue weighted by Crippen LogP contribution is 2.21. The summed E-state index contributed by atoms with van der Waals surface area (Å²) >= 11 is 0. The van der Waals surface area contributed by atoms with Gasteiger partial charge in [-0.05, 0) is 49.6 Å². The lowest BCUT2D eigenvalue weighted by atomic mass is 9.99. The number of nitrogens with one attached hydrogen (secondary N) is 1. The monoisotopic (exact) mass is 275 g/mol. The second-order valence-corrected chi connectivity index (χ2v) is 4.92. The molecular formula is C17H19F2N. The molecule has 0 saturated carbocycles. The second kappa shape index (κ2) is 7.15. The molecule has 1 nitrogen and oxygen atoms in total. The molecule has 106 valence electrons. The third kappa shape index (κ3) is 4.14. The fourth-order valence-electron chi connectivity index (χ4n) is 2.41. The van der Waals surface area contributed by atoms with Gasteiger partial charge in [0.25, 0.3) is 0 Å². The van der Waals surface area contributed by atoms with Crippen LogP contribution in [-0.2, 0) is 6.42 Å². The van der Waals surface area contributed by atoms with Crippen LogP contribution in [0.25, 0.3) is 0 Å². The van der Waals surface area contributed by atoms with Crippen molar-refractivity contribution in [2.45, 2.75) is 25.3 Å². The van der Waals surface area contributed by atoms with E-state index in [1.165, 1.54) is 17.7 Å². The molecule has 0 aliphatic carbocycles. The van der Waals surface area contributed by atoms with Gasteiger partial charge in [0.2, 0.25) is 0 Å². The van der Waals surface area contributed by atoms with Gasteiger partial charge in [-0.25, -0.2) is 8.78 Å². The van der Waals surface area contributed by atoms with Crippen molar-refractivity contribution in [1.82, 2.24) is 5.32 Å². The van der Waals surface area contributed by atoms with Crippen molar-refractivity contribution in [3.8, 4) is 0 Å². The van der Waals surface area contributed by atoms with E-state index in [0.717, 1.165) is 25.3 Å². The van der Waals surface area contributed by atoms with Crippen molar-refractivity contribution in [3.63, 3.8) is 0 Å². The van der Waals surface area contributed by atoms with E-state index in [2.05, 4.69) is 17.4 Å². The van der Waals surface area contributed by atoms with E-state index in [-0.39, 0.29) is 6.04 Å². The minimum absolute atomic E-state index is 0.0242. The molecule has 0 aliphatic heterocycles. The molecule has 0 heterocycles. The molecule has 0 bridgehead atoms. The van der Waals surface area contributed by atoms with Crippen molar-refractivity contribution in [2.75, 3.05) is 7.05 Å². The van der Waals surface area contributed by atoms with Gasteiger partial charge in [-0.15, -0.1) is 0 Å². The van der Waals surface area contributed by atoms with Gasteiger partial charge in [-0.3, -0.25) is 0 Å². The highest BCUT2D eigenvalue weighted by molar-refractivity contribution is 5.21. The summed E-state index contributed by atoms with van der Waals surface area (Å²) in [5.41, 5.74) is 1.95. The summed E-state index contributed by atoms with van der Waals surface area (Å²) in [6.45, 7) is 0. The third-order valence-corrected chi connectivity index (χ3v) is 3.44. The number of hydrogen-bond donors (Lipinski definition) is 1. The Morgan fingerprint density at radius 3 is 2.25 bits per heavy atom. The number of hydrogen-bond acceptors (Lipinski definition) is 1. The van der Waals surface area contributed by atoms with Gasteiger partial charge in [-0.2, -0.15) is 0 Å². The third-order valence-electron chi connectivity index (χ3n) is 3.44. The van der Waals surface area contributed by atoms with Crippen LogP contribution in [0.1, 0.15) is 30.0 Å². The average molecular weight is 275 g/mol. The van der Waals surface area contributed by atoms with Crippen LogP contribution in [0.3, 0.4) is 0 Å². The SMILES string of the molecule is CNC(CCCc1ccccc1)c1cc(F)cc(F)c1. The Labute approximate surface area is 118 Å². The van der Waals surface area contributed by atoms with Gasteiger partial charge in [0.1, 0.15) is 11.6 Å². The van der Waals surface area contributed by atoms with Crippen LogP contribution in [0.2, 0.25) is 0 Å². The molecule has 1 atom stereocenters. The Morgan fingerprint density at radius 1 is 1.00 bits per heavy atom. The van der Waals surface area contributed by atoms with E-state index in [1.807, 2.05) is 25.2 Å². The number of halogens is 2. The molecule has 0 aromatic heterocycles. The van der Waals surface area contributed by atoms with Crippen LogP contribution >= 0.6 is 0 Å². The standard InChI is InChI=1S/C17H19F2N/c1-20-17(14-10-15(18)12-16(19)11-14)9-5-8-13-6-3-2-4-7-13/h2-4,6-7,10-12,17,20H,5,8-9H2,1H3. The van der Waals surface area contributed by atoms with Crippen molar-refractivity contribution in [3.05, 3.63) is 71.3 Å². The van der Waals surface area contributed by atoms with Gasteiger partial charge < -0.3 is 5.32 Å². The molecule has 0 radical (unpaired) electrons. The quantitative estimate of drug-likeness (QED) is 0.831. The summed E-state index contributed by atoms with van der Waals surface area (Å²) in [5, 5.41) is 3.13. The zero-order valence-electron chi connectivity index (χ0n) is 11.6. The van der Waals surface area contributed by atoms with Gasteiger partial charge >= 0.3 is 0 Å². The largest absolute Gasteiger partial charge is 0.313 e. The first-order valence-electron chi connectivity index (χ1n) is 6.86. The predicted molar refractivity (Wildman–Crippen MR) is 77.5 cm³/mol. The minimum Gasteiger partial charge on any atom is -0.313 e. The lowest BCUT2D eigenvalue weighted by Crippen LogP contribution is -2.17. The highest BCUT2D eigenvalue weighted by atomic mass is 19.1. The molecule has 0 spiro atoms. The maximum atomic E-state index is 13.2. The molecule has 2 rings (SSSR count). The van der Waals surface area contributed by atoms with Gasteiger partial charge in [0.15, 0.2) is 0 Å². The smallest absolute Gasteiger partial charge is 0.126 e. The molecule has 0 fully saturated rings. The summed E-state index contributed by atoms with van der Waals surface area (Å²) in [6.07, 6.45) is 2.78. The molecule has 2 aromatic carbocycles. The summed E-state index contributed by atoms with van der Waals surface area (Å²) < 4.78 is 26.5. The summed E-state index contributed by atoms with van der Waals surface area (Å²) in [7, 11) is 1.82. The topological polar surface area (TPSA) is 12.0 Å². The molecular weight excluding hydrogens is 256 g/mol. The lowest BCUT2D eigenvalue weighted by molar-refractivity contribution is 0.513. The zero-order chi connectivity index (χ0) is 14.4. The van der Waals surface area contributed by atoms with E-state index in [0.29, 0.717) is 5.56 Å². The molecule has 2 aromatic rings. The van der Waals surface area contributed by atoms with E-state index in [1.54, 1.807) is 0 Å². The number of rotatable bonds is 6. The molecule has 1 N–H and O–H groups in total. The molecule has 1 unspecified atom stereocenters. The first kappa shape index (κ1) is 14.7. The first-order chi connectivity index (χ1) is 9.69. The van der Waals surface area contributed by atoms with E-state index in [9.17, 15) is 8.78 Å². The van der Waals surface area contributed by atoms with Crippen LogP contribution < -0.4 is 5.32 Å². The highest BCUT2D eigenvalue weighted by Gasteiger charge is 2.11. The maximum Gasteiger partial charge on any atom is 0.126 e. The minimum atomic E-state index is -0.525. The van der Waals surface area contributed by atoms with Gasteiger partial charge in [0, 0.05) is 12.1 Å². The second-order valence-electron chi connectivity index (χ2n) is 4.92. The van der Waals surface area contributed by atoms with Crippen molar-refractivity contribution in [1.29, 1.82) is 0 Å². The Morgan fingerprint density at radius 2 is 1.65 bits per heavy atom. The Hall–Kier alpha value is -1.74. The normalized spacial score (nSPS) is 12.3. The van der Waals surface area contributed by atoms with E-state index in [4.69, 9.17) is 0 Å². The molecule has 0 saturated heterocycles. The van der Waals surface area contributed by atoms with Crippen molar-refractivity contribution >= 4 is 0 Å². The summed E-state index contributed by atoms with van der Waals surface area (Å²) in [5.74, 6) is -1.05. The van der Waals surface area contributed by atoms with Crippen LogP contribution in [0, 0.1) is 11.6 Å². The van der Waals surface area contributed by atoms with Crippen LogP contribution in [0.4, 0.5) is 8.78 Å². The fraction of sp³-hybridized carbons (Fsp3) is 0.294. The molecule has 20 heavy (non-hydrogen) atoms. The van der Waals surface area contributed by atoms with Crippen LogP contribution in [-0.4, -0.2) is 7.05 Å². The Balaban J connectivity index is 1.95. The van der Waals surface area contributed by atoms with Crippen LogP contribution in [0.5, 0.6) is 0 Å². The fourth-order valence-corrected chi connectivity index (χ4v) is 2.41. The number of aryl methyl sites for hydroxylation is 1. The van der Waals surface area contributed by atoms with Crippen molar-refractivity contribution in [2.24, 2.45) is 0 Å². The van der Waals surface area contributed by atoms with Crippen LogP contribution in [0.15, 0.2) is 48.5 Å². The van der Waals surface area contributed by atoms with Gasteiger partial charge in [-0.1, -0.05) is 30.3 Å². The molecule has 0 amide bonds. The van der Waals surface area contributed by atoms with E-state index >= 15 is 0 Å². The van der Waals surface area contributed by atoms with Gasteiger partial charge in [0.05, 0.1) is 0 Å². The first-order valence-corrected chi connectivity index (χ1v) is 6.86. The summed E-state index contributed by atoms with van der Waals surface area (Å²) in [4.78, 5) is 0. The lowest BCUT2D eigenvalue weighted by Gasteiger charge is -2.17. The maximum absolute atomic E-state index is 13.2. The zero-order valence-corrected chi connectivity index (χ0v) is 11.6. The average Bonchev–Trinajstić information content (AvgIpc) is 2.43.